The van der Waals surface area contributed by atoms with Gasteiger partial charge < -0.3 is 10.0 Å². The lowest BCUT2D eigenvalue weighted by atomic mass is 10.0. The molecule has 110 valence electrons. The average molecular weight is 278 g/mol. The Morgan fingerprint density at radius 1 is 1.30 bits per heavy atom. The van der Waals surface area contributed by atoms with Crippen molar-refractivity contribution < 1.29 is 14.7 Å². The first-order valence-corrected chi connectivity index (χ1v) is 6.57. The maximum absolute atomic E-state index is 12.5. The highest BCUT2D eigenvalue weighted by molar-refractivity contribution is 5.95. The zero-order chi connectivity index (χ0) is 15.5. The van der Waals surface area contributed by atoms with Crippen molar-refractivity contribution in [2.45, 2.75) is 33.2 Å². The van der Waals surface area contributed by atoms with E-state index in [1.165, 1.54) is 23.6 Å². The molecule has 20 heavy (non-hydrogen) atoms. The molecule has 0 heterocycles. The predicted octanol–water partition coefficient (Wildman–Crippen LogP) is 2.74. The number of nitrogens with zero attached hydrogens (tertiary/aromatic N) is 2. The van der Waals surface area contributed by atoms with E-state index in [0.29, 0.717) is 6.54 Å². The topological polar surface area (TPSA) is 60.9 Å². The van der Waals surface area contributed by atoms with Gasteiger partial charge in [0.15, 0.2) is 0 Å². The Morgan fingerprint density at radius 2 is 1.90 bits per heavy atom. The van der Waals surface area contributed by atoms with Gasteiger partial charge in [0.1, 0.15) is 5.54 Å². The minimum absolute atomic E-state index is 0.328. The van der Waals surface area contributed by atoms with Crippen LogP contribution in [0.1, 0.15) is 26.3 Å². The summed E-state index contributed by atoms with van der Waals surface area (Å²) in [5.74, 6) is -1.02. The first kappa shape index (κ1) is 16.0. The van der Waals surface area contributed by atoms with E-state index < -0.39 is 11.5 Å². The smallest absolute Gasteiger partial charge is 0.329 e. The van der Waals surface area contributed by atoms with Crippen LogP contribution in [0.25, 0.3) is 0 Å². The fraction of sp³-hybridized carbons (Fsp3) is 0.467. The number of carboxylic acids is 1. The zero-order valence-electron chi connectivity index (χ0n) is 12.7. The summed E-state index contributed by atoms with van der Waals surface area (Å²) in [5, 5.41) is 9.28. The van der Waals surface area contributed by atoms with Crippen molar-refractivity contribution in [3.05, 3.63) is 29.8 Å². The summed E-state index contributed by atoms with van der Waals surface area (Å²) in [6.07, 6.45) is 0. The van der Waals surface area contributed by atoms with E-state index >= 15 is 0 Å². The number of hydrogen-bond acceptors (Lipinski definition) is 2. The number of carbonyl (C=O) groups excluding carboxylic acids is 1. The van der Waals surface area contributed by atoms with E-state index in [1.807, 2.05) is 31.2 Å². The lowest BCUT2D eigenvalue weighted by Gasteiger charge is -2.37. The summed E-state index contributed by atoms with van der Waals surface area (Å²) >= 11 is 0. The molecule has 0 aliphatic rings. The van der Waals surface area contributed by atoms with Gasteiger partial charge in [-0.1, -0.05) is 12.1 Å². The van der Waals surface area contributed by atoms with Crippen molar-refractivity contribution in [3.63, 3.8) is 0 Å². The van der Waals surface area contributed by atoms with E-state index in [2.05, 4.69) is 0 Å². The van der Waals surface area contributed by atoms with Crippen LogP contribution in [0.4, 0.5) is 10.5 Å². The second-order valence-electron chi connectivity index (χ2n) is 5.29. The zero-order valence-corrected chi connectivity index (χ0v) is 12.7. The maximum Gasteiger partial charge on any atom is 0.329 e. The van der Waals surface area contributed by atoms with Gasteiger partial charge in [0.2, 0.25) is 0 Å². The Labute approximate surface area is 119 Å². The normalized spacial score (nSPS) is 11.1. The molecule has 1 aromatic rings. The van der Waals surface area contributed by atoms with Crippen molar-refractivity contribution in [1.29, 1.82) is 0 Å². The molecule has 1 rings (SSSR count). The van der Waals surface area contributed by atoms with E-state index in [0.717, 1.165) is 11.3 Å². The number of anilines is 1. The van der Waals surface area contributed by atoms with Crippen molar-refractivity contribution in [2.24, 2.45) is 0 Å². The summed E-state index contributed by atoms with van der Waals surface area (Å²) in [5.41, 5.74) is 0.543. The molecule has 0 spiro atoms. The van der Waals surface area contributed by atoms with Crippen molar-refractivity contribution in [1.82, 2.24) is 4.90 Å². The predicted molar refractivity (Wildman–Crippen MR) is 79.1 cm³/mol. The highest BCUT2D eigenvalue weighted by Gasteiger charge is 2.38. The molecule has 2 amide bonds. The van der Waals surface area contributed by atoms with Crippen LogP contribution in [-0.4, -0.2) is 41.1 Å². The van der Waals surface area contributed by atoms with Gasteiger partial charge >= 0.3 is 12.0 Å². The summed E-state index contributed by atoms with van der Waals surface area (Å²) in [6, 6.07) is 7.20. The molecule has 0 saturated carbocycles. The van der Waals surface area contributed by atoms with Crippen molar-refractivity contribution >= 4 is 17.7 Å². The van der Waals surface area contributed by atoms with Crippen LogP contribution in [0.3, 0.4) is 0 Å². The van der Waals surface area contributed by atoms with Crippen LogP contribution in [0, 0.1) is 6.92 Å². The molecule has 0 aromatic heterocycles. The summed E-state index contributed by atoms with van der Waals surface area (Å²) in [7, 11) is 1.65. The Hall–Kier alpha value is -2.04. The second kappa shape index (κ2) is 5.94. The Morgan fingerprint density at radius 3 is 2.35 bits per heavy atom. The number of hydrogen-bond donors (Lipinski definition) is 1. The van der Waals surface area contributed by atoms with Gasteiger partial charge in [-0.25, -0.2) is 9.59 Å². The third-order valence-corrected chi connectivity index (χ3v) is 3.42. The van der Waals surface area contributed by atoms with Crippen LogP contribution in [0.2, 0.25) is 0 Å². The van der Waals surface area contributed by atoms with Gasteiger partial charge in [0, 0.05) is 19.3 Å². The Kier molecular flexibility index (Phi) is 4.76. The fourth-order valence-electron chi connectivity index (χ4n) is 2.01. The van der Waals surface area contributed by atoms with Crippen molar-refractivity contribution in [2.75, 3.05) is 18.5 Å². The average Bonchev–Trinajstić information content (AvgIpc) is 2.38. The number of amides is 2. The van der Waals surface area contributed by atoms with Crippen LogP contribution < -0.4 is 4.90 Å². The van der Waals surface area contributed by atoms with Crippen LogP contribution >= 0.6 is 0 Å². The lowest BCUT2D eigenvalue weighted by Crippen LogP contribution is -2.56. The number of carbonyl (C=O) groups is 2. The summed E-state index contributed by atoms with van der Waals surface area (Å²) in [4.78, 5) is 26.7. The van der Waals surface area contributed by atoms with E-state index in [9.17, 15) is 14.7 Å². The number of urea groups is 1. The minimum Gasteiger partial charge on any atom is -0.480 e. The maximum atomic E-state index is 12.5. The molecular weight excluding hydrogens is 256 g/mol. The number of aryl methyl sites for hydroxylation is 1. The van der Waals surface area contributed by atoms with Crippen LogP contribution in [0.5, 0.6) is 0 Å². The molecule has 0 bridgehead atoms. The molecule has 0 fully saturated rings. The Balaban J connectivity index is 3.06. The van der Waals surface area contributed by atoms with E-state index in [1.54, 1.807) is 14.0 Å². The van der Waals surface area contributed by atoms with Gasteiger partial charge in [-0.2, -0.15) is 0 Å². The van der Waals surface area contributed by atoms with Gasteiger partial charge in [-0.3, -0.25) is 4.90 Å². The molecule has 0 aliphatic carbocycles. The molecule has 0 aliphatic heterocycles. The van der Waals surface area contributed by atoms with Gasteiger partial charge in [-0.05, 0) is 45.4 Å². The minimum atomic E-state index is -1.25. The SMILES string of the molecule is CCN(C(=O)N(C)c1cccc(C)c1)C(C)(C)C(=O)O. The molecule has 5 nitrogen and oxygen atoms in total. The van der Waals surface area contributed by atoms with E-state index in [4.69, 9.17) is 0 Å². The van der Waals surface area contributed by atoms with Crippen LogP contribution in [0.15, 0.2) is 24.3 Å². The summed E-state index contributed by atoms with van der Waals surface area (Å²) in [6.45, 7) is 7.10. The number of likely N-dealkylation sites (N-methyl/N-ethyl adjacent to an activating group) is 1. The summed E-state index contributed by atoms with van der Waals surface area (Å²) < 4.78 is 0. The third-order valence-electron chi connectivity index (χ3n) is 3.42. The molecule has 0 saturated heterocycles. The molecule has 1 N–H and O–H groups in total. The number of rotatable bonds is 4. The monoisotopic (exact) mass is 278 g/mol. The number of benzene rings is 1. The fourth-order valence-corrected chi connectivity index (χ4v) is 2.01. The van der Waals surface area contributed by atoms with Gasteiger partial charge in [-0.15, -0.1) is 0 Å². The first-order chi connectivity index (χ1) is 9.21. The van der Waals surface area contributed by atoms with Crippen molar-refractivity contribution in [3.8, 4) is 0 Å². The molecule has 5 heteroatoms. The quantitative estimate of drug-likeness (QED) is 0.921. The lowest BCUT2D eigenvalue weighted by molar-refractivity contribution is -0.147. The molecule has 0 atom stereocenters. The molecule has 0 radical (unpaired) electrons. The first-order valence-electron chi connectivity index (χ1n) is 6.57. The van der Waals surface area contributed by atoms with Crippen LogP contribution in [-0.2, 0) is 4.79 Å². The second-order valence-corrected chi connectivity index (χ2v) is 5.29. The highest BCUT2D eigenvalue weighted by Crippen LogP contribution is 2.21. The molecule has 1 aromatic carbocycles. The number of aliphatic carboxylic acids is 1. The van der Waals surface area contributed by atoms with Gasteiger partial charge in [0.05, 0.1) is 0 Å². The third kappa shape index (κ3) is 3.10. The molecular formula is C15H22N2O3. The Bertz CT molecular complexity index is 512. The molecule has 0 unspecified atom stereocenters. The number of carboxylic acid groups (broad SMARTS) is 1. The largest absolute Gasteiger partial charge is 0.480 e. The van der Waals surface area contributed by atoms with E-state index in [-0.39, 0.29) is 6.03 Å². The van der Waals surface area contributed by atoms with Gasteiger partial charge in [0.25, 0.3) is 0 Å². The highest BCUT2D eigenvalue weighted by atomic mass is 16.4. The standard InChI is InChI=1S/C15H22N2O3/c1-6-17(15(3,4)13(18)19)14(20)16(5)12-9-7-8-11(2)10-12/h7-10H,6H2,1-5H3,(H,18,19).